The highest BCUT2D eigenvalue weighted by molar-refractivity contribution is 7.85. The van der Waals surface area contributed by atoms with Crippen LogP contribution in [0.2, 0.25) is 0 Å². The smallest absolute Gasteiger partial charge is 0.471 e. The fraction of sp³-hybridized carbons (Fsp3) is 0.591. The Morgan fingerprint density at radius 3 is 2.17 bits per heavy atom. The molecule has 352 valence electrons. The highest BCUT2D eigenvalue weighted by Gasteiger charge is 2.45. The van der Waals surface area contributed by atoms with Crippen LogP contribution in [0.4, 0.5) is 24.5 Å². The molecule has 19 heteroatoms. The van der Waals surface area contributed by atoms with E-state index < -0.39 is 56.5 Å². The van der Waals surface area contributed by atoms with Crippen LogP contribution in [0.1, 0.15) is 116 Å². The van der Waals surface area contributed by atoms with E-state index in [1.165, 1.54) is 0 Å². The van der Waals surface area contributed by atoms with Crippen LogP contribution in [0.15, 0.2) is 66.4 Å². The molecule has 0 spiro atoms. The lowest BCUT2D eigenvalue weighted by molar-refractivity contribution is -0.438. The van der Waals surface area contributed by atoms with Crippen molar-refractivity contribution in [2.75, 3.05) is 49.3 Å². The number of halogens is 3. The van der Waals surface area contributed by atoms with Crippen LogP contribution in [0.3, 0.4) is 0 Å². The summed E-state index contributed by atoms with van der Waals surface area (Å²) in [5, 5.41) is 2.13. The molecule has 0 saturated carbocycles. The lowest BCUT2D eigenvalue weighted by atomic mass is 9.81. The van der Waals surface area contributed by atoms with E-state index in [-0.39, 0.29) is 51.2 Å². The van der Waals surface area contributed by atoms with Crippen molar-refractivity contribution in [3.8, 4) is 0 Å². The summed E-state index contributed by atoms with van der Waals surface area (Å²) in [6, 6.07) is 13.3. The lowest BCUT2D eigenvalue weighted by Gasteiger charge is -2.27. The van der Waals surface area contributed by atoms with Crippen molar-refractivity contribution in [3.05, 3.63) is 77.5 Å². The lowest BCUT2D eigenvalue weighted by Crippen LogP contribution is -2.37. The molecule has 63 heavy (non-hydrogen) atoms. The summed E-state index contributed by atoms with van der Waals surface area (Å²) in [6.07, 6.45) is 7.20. The summed E-state index contributed by atoms with van der Waals surface area (Å²) in [7, 11) is -12.5. The number of hydrogen-bond donors (Lipinski definition) is 2. The van der Waals surface area contributed by atoms with Crippen LogP contribution in [0.5, 0.6) is 0 Å². The van der Waals surface area contributed by atoms with Gasteiger partial charge in [-0.25, -0.2) is 8.42 Å². The average molecular weight is 946 g/mol. The Balaban J connectivity index is 1.68. The number of carbonyl (C=O) groups is 1. The summed E-state index contributed by atoms with van der Waals surface area (Å²) in [6.45, 7) is 11.0. The molecule has 0 radical (unpaired) electrons. The van der Waals surface area contributed by atoms with Crippen LogP contribution in [0, 0.1) is 0 Å². The minimum atomic E-state index is -4.99. The van der Waals surface area contributed by atoms with Crippen molar-refractivity contribution >= 4 is 56.1 Å². The summed E-state index contributed by atoms with van der Waals surface area (Å²) < 4.78 is 133. The van der Waals surface area contributed by atoms with E-state index in [1.54, 1.807) is 12.1 Å². The molecule has 1 amide bonds. The zero-order valence-corrected chi connectivity index (χ0v) is 39.4. The molecule has 2 aromatic rings. The van der Waals surface area contributed by atoms with Gasteiger partial charge in [0, 0.05) is 59.8 Å². The van der Waals surface area contributed by atoms with Gasteiger partial charge in [-0.15, -0.1) is 0 Å². The van der Waals surface area contributed by atoms with E-state index in [0.29, 0.717) is 37.7 Å². The van der Waals surface area contributed by atoms with Crippen molar-refractivity contribution < 1.29 is 62.1 Å². The highest BCUT2D eigenvalue weighted by atomic mass is 32.2. The second-order valence-corrected chi connectivity index (χ2v) is 22.2. The maximum Gasteiger partial charge on any atom is 0.471 e. The maximum absolute atomic E-state index is 14.7. The molecule has 2 aliphatic rings. The van der Waals surface area contributed by atoms with Gasteiger partial charge in [-0.3, -0.25) is 13.9 Å². The molecule has 2 aromatic carbocycles. The standard InChI is InChI=1S/C44H63F3N3O10PS2/c1-6-7-8-9-15-29-59-61(52,60-30-16-12-26-48-41(51)44(45,46)47)34-24-25-38-36(33-34)43(4,5)40(50(38)28-14-18-32-63(56,57)58)23-19-22-39-42(2,3)35-20-10-11-21-37(35)49(39)27-13-17-31-62(53,54)55/h10-11,19-25,33H,6-9,12-18,26-32H2,1-5H3,(H2-,48,51,53,54,55,56,57,58). The van der Waals surface area contributed by atoms with Crippen molar-refractivity contribution in [3.63, 3.8) is 0 Å². The highest BCUT2D eigenvalue weighted by Crippen LogP contribution is 2.52. The van der Waals surface area contributed by atoms with Crippen LogP contribution in [0.25, 0.3) is 0 Å². The number of allylic oxidation sites excluding steroid dienone is 4. The van der Waals surface area contributed by atoms with Gasteiger partial charge < -0.3 is 23.8 Å². The Labute approximate surface area is 371 Å². The van der Waals surface area contributed by atoms with Crippen LogP contribution >= 0.6 is 7.60 Å². The molecular weight excluding hydrogens is 883 g/mol. The summed E-state index contributed by atoms with van der Waals surface area (Å²) in [4.78, 5) is 13.3. The van der Waals surface area contributed by atoms with Crippen molar-refractivity contribution in [1.82, 2.24) is 5.32 Å². The van der Waals surface area contributed by atoms with Gasteiger partial charge in [-0.05, 0) is 82.2 Å². The Hall–Kier alpha value is -3.38. The zero-order valence-electron chi connectivity index (χ0n) is 36.9. The van der Waals surface area contributed by atoms with Crippen molar-refractivity contribution in [2.45, 2.75) is 122 Å². The summed E-state index contributed by atoms with van der Waals surface area (Å²) in [5.41, 5.74) is 4.36. The first kappa shape index (κ1) is 52.2. The molecule has 4 rings (SSSR count). The maximum atomic E-state index is 14.7. The Morgan fingerprint density at radius 1 is 0.873 bits per heavy atom. The van der Waals surface area contributed by atoms with E-state index in [4.69, 9.17) is 9.05 Å². The molecule has 0 aliphatic carbocycles. The average Bonchev–Trinajstić information content (AvgIpc) is 3.54. The summed E-state index contributed by atoms with van der Waals surface area (Å²) in [5.74, 6) is -2.87. The van der Waals surface area contributed by atoms with Gasteiger partial charge in [0.2, 0.25) is 5.69 Å². The quantitative estimate of drug-likeness (QED) is 0.0399. The Morgan fingerprint density at radius 2 is 1.52 bits per heavy atom. The fourth-order valence-corrected chi connectivity index (χ4v) is 10.9. The first-order chi connectivity index (χ1) is 29.4. The molecule has 2 heterocycles. The number of para-hydroxylation sites is 1. The predicted molar refractivity (Wildman–Crippen MR) is 239 cm³/mol. The second-order valence-electron chi connectivity index (χ2n) is 17.1. The predicted octanol–water partition coefficient (Wildman–Crippen LogP) is 8.57. The van der Waals surface area contributed by atoms with E-state index in [2.05, 4.69) is 36.3 Å². The van der Waals surface area contributed by atoms with Gasteiger partial charge in [0.05, 0.1) is 39.8 Å². The van der Waals surface area contributed by atoms with E-state index >= 15 is 0 Å². The van der Waals surface area contributed by atoms with Crippen LogP contribution in [-0.2, 0) is 49.5 Å². The first-order valence-electron chi connectivity index (χ1n) is 21.6. The van der Waals surface area contributed by atoms with E-state index in [9.17, 15) is 48.5 Å². The van der Waals surface area contributed by atoms with Gasteiger partial charge in [-0.1, -0.05) is 70.7 Å². The molecule has 1 atom stereocenters. The minimum absolute atomic E-state index is 0.100. The number of rotatable bonds is 26. The van der Waals surface area contributed by atoms with Crippen molar-refractivity contribution in [1.29, 1.82) is 0 Å². The molecule has 0 bridgehead atoms. The van der Waals surface area contributed by atoms with Gasteiger partial charge in [0.1, 0.15) is 6.54 Å². The van der Waals surface area contributed by atoms with Gasteiger partial charge in [-0.2, -0.15) is 26.2 Å². The fourth-order valence-electron chi connectivity index (χ4n) is 8.08. The molecule has 13 nitrogen and oxygen atoms in total. The number of amides is 1. The number of nitrogens with one attached hydrogen (secondary N) is 1. The second kappa shape index (κ2) is 22.2. The molecule has 1 unspecified atom stereocenters. The summed E-state index contributed by atoms with van der Waals surface area (Å²) >= 11 is 0. The van der Waals surface area contributed by atoms with E-state index in [1.807, 2.05) is 61.7 Å². The first-order valence-corrected chi connectivity index (χ1v) is 26.3. The molecule has 0 aromatic heterocycles. The van der Waals surface area contributed by atoms with Crippen molar-refractivity contribution in [2.24, 2.45) is 0 Å². The number of carbonyl (C=O) groups excluding carboxylic acids is 1. The number of benzene rings is 2. The number of nitrogens with zero attached hydrogens (tertiary/aromatic N) is 2. The Bertz CT molecular complexity index is 2280. The van der Waals surface area contributed by atoms with Crippen LogP contribution < -0.4 is 15.5 Å². The topological polar surface area (TPSA) is 182 Å². The normalized spacial score (nSPS) is 17.7. The van der Waals surface area contributed by atoms with Gasteiger partial charge >= 0.3 is 19.7 Å². The van der Waals surface area contributed by atoms with Gasteiger partial charge in [0.25, 0.3) is 10.1 Å². The van der Waals surface area contributed by atoms with Crippen LogP contribution in [-0.4, -0.2) is 92.7 Å². The number of alkyl halides is 3. The molecule has 0 fully saturated rings. The third-order valence-corrected chi connectivity index (χ3v) is 15.0. The number of anilines is 1. The minimum Gasteiger partial charge on any atom is -0.748 e. The zero-order chi connectivity index (χ0) is 46.7. The largest absolute Gasteiger partial charge is 0.748 e. The Kier molecular flexibility index (Phi) is 18.4. The molecule has 2 N–H and O–H groups in total. The molecular formula is C44H63F3N3O10PS2. The number of fused-ring (bicyclic) bond motifs is 2. The molecule has 0 saturated heterocycles. The third kappa shape index (κ3) is 14.6. The third-order valence-electron chi connectivity index (χ3n) is 11.4. The number of unbranched alkanes of at least 4 members (excludes halogenated alkanes) is 7. The van der Waals surface area contributed by atoms with Gasteiger partial charge in [0.15, 0.2) is 5.71 Å². The van der Waals surface area contributed by atoms with E-state index in [0.717, 1.165) is 59.6 Å². The molecule has 2 aliphatic heterocycles. The SMILES string of the molecule is CCCCCCCOP(=O)(OCCCCNC(=O)C(F)(F)F)c1ccc2c(c1)C(C)(C)C(=CC=CC1=[N+](CCCCS(=O)(=O)O)c3ccccc3C1(C)C)N2CCCCS(=O)(=O)[O-]. The monoisotopic (exact) mass is 945 g/mol. The number of hydrogen-bond acceptors (Lipinski definition) is 10.